The van der Waals surface area contributed by atoms with E-state index in [1.165, 1.54) is 12.1 Å². The van der Waals surface area contributed by atoms with Gasteiger partial charge in [0.15, 0.2) is 0 Å². The number of hydrogen-bond acceptors (Lipinski definition) is 2. The van der Waals surface area contributed by atoms with Gasteiger partial charge < -0.3 is 10.6 Å². The lowest BCUT2D eigenvalue weighted by Gasteiger charge is -2.07. The molecule has 0 aliphatic heterocycles. The molecule has 0 fully saturated rings. The molecule has 0 saturated carbocycles. The highest BCUT2D eigenvalue weighted by Gasteiger charge is 2.06. The zero-order valence-electron chi connectivity index (χ0n) is 12.3. The molecule has 2 amide bonds. The summed E-state index contributed by atoms with van der Waals surface area (Å²) in [7, 11) is 0. The van der Waals surface area contributed by atoms with Gasteiger partial charge >= 0.3 is 0 Å². The topological polar surface area (TPSA) is 58.2 Å². The monoisotopic (exact) mass is 378 g/mol. The zero-order valence-corrected chi connectivity index (χ0v) is 13.9. The van der Waals surface area contributed by atoms with Gasteiger partial charge in [0.1, 0.15) is 5.82 Å². The molecule has 0 bridgehead atoms. The molecule has 0 radical (unpaired) electrons. The van der Waals surface area contributed by atoms with Crippen molar-refractivity contribution in [3.8, 4) is 0 Å². The number of halogens is 2. The van der Waals surface area contributed by atoms with E-state index in [0.29, 0.717) is 6.54 Å². The van der Waals surface area contributed by atoms with Crippen LogP contribution in [-0.4, -0.2) is 18.4 Å². The third-order valence-corrected chi connectivity index (χ3v) is 3.66. The summed E-state index contributed by atoms with van der Waals surface area (Å²) in [5, 5.41) is 5.23. The fraction of sp³-hybridized carbons (Fsp3) is 0.176. The maximum atomic E-state index is 12.8. The van der Waals surface area contributed by atoms with Gasteiger partial charge in [-0.2, -0.15) is 0 Å². The van der Waals surface area contributed by atoms with Crippen LogP contribution in [0.4, 0.5) is 4.39 Å². The molecule has 0 spiro atoms. The first-order valence-corrected chi connectivity index (χ1v) is 7.84. The molecule has 23 heavy (non-hydrogen) atoms. The predicted molar refractivity (Wildman–Crippen MR) is 89.1 cm³/mol. The summed E-state index contributed by atoms with van der Waals surface area (Å²) in [5.74, 6) is -0.831. The Balaban J connectivity index is 1.70. The summed E-state index contributed by atoms with van der Waals surface area (Å²) >= 11 is 3.33. The van der Waals surface area contributed by atoms with Crippen LogP contribution >= 0.6 is 15.9 Å². The molecular formula is C17H16BrFN2O2. The van der Waals surface area contributed by atoms with Gasteiger partial charge in [0.2, 0.25) is 11.8 Å². The Morgan fingerprint density at radius 3 is 2.13 bits per heavy atom. The van der Waals surface area contributed by atoms with E-state index in [1.54, 1.807) is 12.1 Å². The highest BCUT2D eigenvalue weighted by atomic mass is 79.9. The Labute approximate surface area is 142 Å². The number of amides is 2. The summed E-state index contributed by atoms with van der Waals surface area (Å²) in [6, 6.07) is 13.3. The molecular weight excluding hydrogens is 363 g/mol. The second-order valence-corrected chi connectivity index (χ2v) is 5.90. The van der Waals surface area contributed by atoms with Crippen LogP contribution in [0.25, 0.3) is 0 Å². The Morgan fingerprint density at radius 1 is 0.870 bits per heavy atom. The molecule has 2 N–H and O–H groups in total. The molecule has 2 rings (SSSR count). The van der Waals surface area contributed by atoms with Crippen molar-refractivity contribution in [2.24, 2.45) is 0 Å². The van der Waals surface area contributed by atoms with E-state index >= 15 is 0 Å². The minimum absolute atomic E-state index is 0.0867. The van der Waals surface area contributed by atoms with E-state index in [-0.39, 0.29) is 30.6 Å². The van der Waals surface area contributed by atoms with E-state index in [4.69, 9.17) is 0 Å². The average Bonchev–Trinajstić information content (AvgIpc) is 2.54. The maximum Gasteiger partial charge on any atom is 0.239 e. The Kier molecular flexibility index (Phi) is 6.29. The quantitative estimate of drug-likeness (QED) is 0.811. The van der Waals surface area contributed by atoms with Gasteiger partial charge in [-0.25, -0.2) is 4.39 Å². The molecule has 0 unspecified atom stereocenters. The fourth-order valence-corrected chi connectivity index (χ4v) is 2.16. The van der Waals surface area contributed by atoms with Crippen LogP contribution in [0.3, 0.4) is 0 Å². The molecule has 2 aromatic rings. The van der Waals surface area contributed by atoms with Gasteiger partial charge in [-0.1, -0.05) is 40.2 Å². The van der Waals surface area contributed by atoms with Crippen LogP contribution in [0, 0.1) is 5.82 Å². The van der Waals surface area contributed by atoms with E-state index < -0.39 is 0 Å². The molecule has 0 aliphatic rings. The van der Waals surface area contributed by atoms with Gasteiger partial charge in [0.05, 0.1) is 13.0 Å². The van der Waals surface area contributed by atoms with Crippen LogP contribution in [0.15, 0.2) is 53.0 Å². The molecule has 4 nitrogen and oxygen atoms in total. The van der Waals surface area contributed by atoms with Gasteiger partial charge in [0, 0.05) is 11.0 Å². The summed E-state index contributed by atoms with van der Waals surface area (Å²) in [5.41, 5.74) is 1.67. The Morgan fingerprint density at radius 2 is 1.48 bits per heavy atom. The lowest BCUT2D eigenvalue weighted by atomic mass is 10.1. The van der Waals surface area contributed by atoms with Crippen LogP contribution in [0.1, 0.15) is 11.1 Å². The molecule has 0 saturated heterocycles. The van der Waals surface area contributed by atoms with Gasteiger partial charge in [-0.15, -0.1) is 0 Å². The second-order valence-electron chi connectivity index (χ2n) is 4.98. The SMILES string of the molecule is O=C(CNC(=O)Cc1ccc(Br)cc1)NCc1ccc(F)cc1. The zero-order chi connectivity index (χ0) is 16.7. The summed E-state index contributed by atoms with van der Waals surface area (Å²) in [6.07, 6.45) is 0.221. The number of hydrogen-bond donors (Lipinski definition) is 2. The molecule has 0 heterocycles. The van der Waals surface area contributed by atoms with Crippen molar-refractivity contribution in [1.29, 1.82) is 0 Å². The minimum atomic E-state index is -0.319. The van der Waals surface area contributed by atoms with Crippen LogP contribution in [-0.2, 0) is 22.6 Å². The van der Waals surface area contributed by atoms with Crippen molar-refractivity contribution >= 4 is 27.7 Å². The molecule has 0 aromatic heterocycles. The van der Waals surface area contributed by atoms with Crippen molar-refractivity contribution in [3.63, 3.8) is 0 Å². The van der Waals surface area contributed by atoms with Crippen molar-refractivity contribution in [2.45, 2.75) is 13.0 Å². The van der Waals surface area contributed by atoms with E-state index in [2.05, 4.69) is 26.6 Å². The smallest absolute Gasteiger partial charge is 0.239 e. The van der Waals surface area contributed by atoms with E-state index in [1.807, 2.05) is 24.3 Å². The first kappa shape index (κ1) is 17.1. The number of rotatable bonds is 6. The van der Waals surface area contributed by atoms with Crippen molar-refractivity contribution in [2.75, 3.05) is 6.54 Å². The molecule has 0 atom stereocenters. The van der Waals surface area contributed by atoms with Crippen LogP contribution in [0.2, 0.25) is 0 Å². The van der Waals surface area contributed by atoms with Crippen LogP contribution in [0.5, 0.6) is 0 Å². The van der Waals surface area contributed by atoms with E-state index in [9.17, 15) is 14.0 Å². The number of carbonyl (C=O) groups is 2. The molecule has 2 aromatic carbocycles. The highest BCUT2D eigenvalue weighted by molar-refractivity contribution is 9.10. The normalized spacial score (nSPS) is 10.2. The Hall–Kier alpha value is -2.21. The molecule has 6 heteroatoms. The number of nitrogens with one attached hydrogen (secondary N) is 2. The Bertz CT molecular complexity index is 672. The van der Waals surface area contributed by atoms with Crippen molar-refractivity contribution < 1.29 is 14.0 Å². The lowest BCUT2D eigenvalue weighted by Crippen LogP contribution is -2.37. The first-order valence-electron chi connectivity index (χ1n) is 7.05. The van der Waals surface area contributed by atoms with Gasteiger partial charge in [0.25, 0.3) is 0 Å². The summed E-state index contributed by atoms with van der Waals surface area (Å²) in [6.45, 7) is 0.207. The second kappa shape index (κ2) is 8.43. The standard InChI is InChI=1S/C17H16BrFN2O2/c18-14-5-1-12(2-6-14)9-16(22)21-11-17(23)20-10-13-3-7-15(19)8-4-13/h1-8H,9-11H2,(H,20,23)(H,21,22). The highest BCUT2D eigenvalue weighted by Crippen LogP contribution is 2.10. The third-order valence-electron chi connectivity index (χ3n) is 3.13. The fourth-order valence-electron chi connectivity index (χ4n) is 1.89. The average molecular weight is 379 g/mol. The minimum Gasteiger partial charge on any atom is -0.350 e. The van der Waals surface area contributed by atoms with Gasteiger partial charge in [-0.3, -0.25) is 9.59 Å². The third kappa shape index (κ3) is 6.20. The van der Waals surface area contributed by atoms with Crippen LogP contribution < -0.4 is 10.6 Å². The van der Waals surface area contributed by atoms with Crippen molar-refractivity contribution in [1.82, 2.24) is 10.6 Å². The van der Waals surface area contributed by atoms with E-state index in [0.717, 1.165) is 15.6 Å². The maximum absolute atomic E-state index is 12.8. The number of benzene rings is 2. The first-order chi connectivity index (χ1) is 11.0. The molecule has 0 aliphatic carbocycles. The predicted octanol–water partition coefficient (Wildman–Crippen LogP) is 2.56. The molecule has 120 valence electrons. The summed E-state index contributed by atoms with van der Waals surface area (Å²) < 4.78 is 13.7. The number of carbonyl (C=O) groups excluding carboxylic acids is 2. The van der Waals surface area contributed by atoms with Gasteiger partial charge in [-0.05, 0) is 35.4 Å². The summed E-state index contributed by atoms with van der Waals surface area (Å²) in [4.78, 5) is 23.4. The lowest BCUT2D eigenvalue weighted by molar-refractivity contribution is -0.125. The van der Waals surface area contributed by atoms with Crippen molar-refractivity contribution in [3.05, 3.63) is 69.9 Å². The largest absolute Gasteiger partial charge is 0.350 e.